The second-order valence-electron chi connectivity index (χ2n) is 4.25. The molecular formula is C15H13Cl2FO. The molecule has 0 saturated heterocycles. The van der Waals surface area contributed by atoms with Crippen molar-refractivity contribution in [3.63, 3.8) is 0 Å². The summed E-state index contributed by atoms with van der Waals surface area (Å²) >= 11 is 12.2. The van der Waals surface area contributed by atoms with Gasteiger partial charge in [0, 0.05) is 11.1 Å². The zero-order valence-corrected chi connectivity index (χ0v) is 12.1. The van der Waals surface area contributed by atoms with Crippen molar-refractivity contribution in [3.8, 4) is 5.75 Å². The van der Waals surface area contributed by atoms with Crippen molar-refractivity contribution in [2.75, 3.05) is 7.11 Å². The molecule has 1 nitrogen and oxygen atoms in total. The maximum Gasteiger partial charge on any atom is 0.146 e. The molecular weight excluding hydrogens is 286 g/mol. The number of rotatable bonds is 3. The van der Waals surface area contributed by atoms with E-state index in [-0.39, 0.29) is 5.02 Å². The van der Waals surface area contributed by atoms with E-state index in [0.29, 0.717) is 11.3 Å². The smallest absolute Gasteiger partial charge is 0.146 e. The summed E-state index contributed by atoms with van der Waals surface area (Å²) in [6.45, 7) is 1.95. The van der Waals surface area contributed by atoms with Crippen LogP contribution in [0.2, 0.25) is 5.02 Å². The standard InChI is InChI=1S/C15H13Cl2FO/c1-9-6-7-13(19-2)11(8-9)14(17)10-4-3-5-12(16)15(10)18/h3-8,14H,1-2H3. The highest BCUT2D eigenvalue weighted by molar-refractivity contribution is 6.31. The molecule has 1 atom stereocenters. The normalized spacial score (nSPS) is 12.3. The van der Waals surface area contributed by atoms with Crippen molar-refractivity contribution < 1.29 is 9.13 Å². The summed E-state index contributed by atoms with van der Waals surface area (Å²) in [5, 5.41) is -0.580. The van der Waals surface area contributed by atoms with Crippen LogP contribution in [0.5, 0.6) is 5.75 Å². The van der Waals surface area contributed by atoms with Crippen LogP contribution in [0.4, 0.5) is 4.39 Å². The van der Waals surface area contributed by atoms with E-state index in [4.69, 9.17) is 27.9 Å². The number of benzene rings is 2. The Kier molecular flexibility index (Phi) is 4.33. The fraction of sp³-hybridized carbons (Fsp3) is 0.200. The van der Waals surface area contributed by atoms with Crippen molar-refractivity contribution in [3.05, 3.63) is 63.9 Å². The predicted octanol–water partition coefficient (Wildman–Crippen LogP) is 5.12. The Labute approximate surface area is 121 Å². The van der Waals surface area contributed by atoms with Gasteiger partial charge in [0.15, 0.2) is 0 Å². The van der Waals surface area contributed by atoms with E-state index in [9.17, 15) is 4.39 Å². The first kappa shape index (κ1) is 14.2. The molecule has 0 spiro atoms. The number of ether oxygens (including phenoxy) is 1. The highest BCUT2D eigenvalue weighted by Gasteiger charge is 2.20. The molecule has 0 heterocycles. The minimum atomic E-state index is -0.645. The molecule has 0 fully saturated rings. The van der Waals surface area contributed by atoms with E-state index < -0.39 is 11.2 Å². The third kappa shape index (κ3) is 2.85. The molecule has 1 unspecified atom stereocenters. The van der Waals surface area contributed by atoms with Crippen LogP contribution < -0.4 is 4.74 Å². The Balaban J connectivity index is 2.52. The number of hydrogen-bond donors (Lipinski definition) is 0. The average molecular weight is 299 g/mol. The highest BCUT2D eigenvalue weighted by atomic mass is 35.5. The summed E-state index contributed by atoms with van der Waals surface area (Å²) in [6, 6.07) is 10.4. The van der Waals surface area contributed by atoms with Crippen LogP contribution in [0.15, 0.2) is 36.4 Å². The van der Waals surface area contributed by atoms with Gasteiger partial charge in [-0.15, -0.1) is 11.6 Å². The lowest BCUT2D eigenvalue weighted by Gasteiger charge is -2.16. The molecule has 0 N–H and O–H groups in total. The van der Waals surface area contributed by atoms with E-state index >= 15 is 0 Å². The van der Waals surface area contributed by atoms with Gasteiger partial charge in [-0.2, -0.15) is 0 Å². The van der Waals surface area contributed by atoms with E-state index in [1.165, 1.54) is 6.07 Å². The Morgan fingerprint density at radius 3 is 2.58 bits per heavy atom. The van der Waals surface area contributed by atoms with Gasteiger partial charge in [-0.25, -0.2) is 4.39 Å². The van der Waals surface area contributed by atoms with Crippen LogP contribution in [0.3, 0.4) is 0 Å². The lowest BCUT2D eigenvalue weighted by Crippen LogP contribution is -2.01. The molecule has 4 heteroatoms. The van der Waals surface area contributed by atoms with Gasteiger partial charge in [0.2, 0.25) is 0 Å². The Morgan fingerprint density at radius 2 is 1.89 bits per heavy atom. The molecule has 0 aliphatic rings. The van der Waals surface area contributed by atoms with E-state index in [1.807, 2.05) is 25.1 Å². The largest absolute Gasteiger partial charge is 0.496 e. The monoisotopic (exact) mass is 298 g/mol. The molecule has 0 aliphatic heterocycles. The predicted molar refractivity (Wildman–Crippen MR) is 76.8 cm³/mol. The van der Waals surface area contributed by atoms with Crippen molar-refractivity contribution in [1.82, 2.24) is 0 Å². The number of halogens is 3. The minimum Gasteiger partial charge on any atom is -0.496 e. The molecule has 2 aromatic carbocycles. The van der Waals surface area contributed by atoms with Crippen LogP contribution in [-0.2, 0) is 0 Å². The first-order valence-corrected chi connectivity index (χ1v) is 6.58. The van der Waals surface area contributed by atoms with Crippen molar-refractivity contribution >= 4 is 23.2 Å². The fourth-order valence-electron chi connectivity index (χ4n) is 1.94. The summed E-state index contributed by atoms with van der Waals surface area (Å²) in [5.74, 6) is 0.137. The third-order valence-corrected chi connectivity index (χ3v) is 3.67. The maximum atomic E-state index is 14.0. The molecule has 19 heavy (non-hydrogen) atoms. The van der Waals surface area contributed by atoms with Gasteiger partial charge in [0.25, 0.3) is 0 Å². The third-order valence-electron chi connectivity index (χ3n) is 2.91. The summed E-state index contributed by atoms with van der Waals surface area (Å²) in [5.41, 5.74) is 2.10. The average Bonchev–Trinajstić information content (AvgIpc) is 2.41. The lowest BCUT2D eigenvalue weighted by molar-refractivity contribution is 0.410. The Hall–Kier alpha value is -1.25. The SMILES string of the molecule is COc1ccc(C)cc1C(Cl)c1cccc(Cl)c1F. The quantitative estimate of drug-likeness (QED) is 0.714. The van der Waals surface area contributed by atoms with E-state index in [2.05, 4.69) is 0 Å². The van der Waals surface area contributed by atoms with Gasteiger partial charge in [-0.1, -0.05) is 41.4 Å². The second-order valence-corrected chi connectivity index (χ2v) is 5.09. The molecule has 100 valence electrons. The first-order chi connectivity index (χ1) is 9.04. The number of hydrogen-bond acceptors (Lipinski definition) is 1. The summed E-state index contributed by atoms with van der Waals surface area (Å²) < 4.78 is 19.3. The molecule has 2 aromatic rings. The molecule has 0 aliphatic carbocycles. The van der Waals surface area contributed by atoms with Crippen LogP contribution in [-0.4, -0.2) is 7.11 Å². The van der Waals surface area contributed by atoms with Crippen molar-refractivity contribution in [2.45, 2.75) is 12.3 Å². The van der Waals surface area contributed by atoms with Crippen LogP contribution in [0, 0.1) is 12.7 Å². The second kappa shape index (κ2) is 5.81. The van der Waals surface area contributed by atoms with Crippen molar-refractivity contribution in [2.24, 2.45) is 0 Å². The maximum absolute atomic E-state index is 14.0. The fourth-order valence-corrected chi connectivity index (χ4v) is 2.46. The summed E-state index contributed by atoms with van der Waals surface area (Å²) in [4.78, 5) is 0. The number of aryl methyl sites for hydroxylation is 1. The topological polar surface area (TPSA) is 9.23 Å². The van der Waals surface area contributed by atoms with Crippen LogP contribution in [0.1, 0.15) is 22.1 Å². The van der Waals surface area contributed by atoms with Gasteiger partial charge < -0.3 is 4.74 Å². The van der Waals surface area contributed by atoms with Gasteiger partial charge >= 0.3 is 0 Å². The Morgan fingerprint density at radius 1 is 1.16 bits per heavy atom. The van der Waals surface area contributed by atoms with Crippen LogP contribution >= 0.6 is 23.2 Å². The first-order valence-electron chi connectivity index (χ1n) is 5.77. The molecule has 0 saturated carbocycles. The number of methoxy groups -OCH3 is 1. The van der Waals surface area contributed by atoms with Crippen LogP contribution in [0.25, 0.3) is 0 Å². The number of alkyl halides is 1. The molecule has 0 amide bonds. The molecule has 0 aromatic heterocycles. The zero-order chi connectivity index (χ0) is 14.0. The van der Waals surface area contributed by atoms with Crippen molar-refractivity contribution in [1.29, 1.82) is 0 Å². The zero-order valence-electron chi connectivity index (χ0n) is 10.6. The molecule has 0 radical (unpaired) electrons. The lowest BCUT2D eigenvalue weighted by atomic mass is 10.0. The van der Waals surface area contributed by atoms with Gasteiger partial charge in [-0.05, 0) is 19.1 Å². The van der Waals surface area contributed by atoms with E-state index in [1.54, 1.807) is 19.2 Å². The minimum absolute atomic E-state index is 0.0646. The van der Waals surface area contributed by atoms with E-state index in [0.717, 1.165) is 11.1 Å². The van der Waals surface area contributed by atoms with Gasteiger partial charge in [-0.3, -0.25) is 0 Å². The van der Waals surface area contributed by atoms with Gasteiger partial charge in [0.1, 0.15) is 11.6 Å². The molecule has 0 bridgehead atoms. The molecule has 2 rings (SSSR count). The highest BCUT2D eigenvalue weighted by Crippen LogP contribution is 2.37. The summed E-state index contributed by atoms with van der Waals surface area (Å²) in [7, 11) is 1.56. The Bertz CT molecular complexity index is 599. The summed E-state index contributed by atoms with van der Waals surface area (Å²) in [6.07, 6.45) is 0. The van der Waals surface area contributed by atoms with Gasteiger partial charge in [0.05, 0.1) is 17.5 Å².